The standard InChI is InChI=1S/C15H20FNO3/c1-19-14-9-17(10-15(14)20-2)8-7-13(18)11-5-3-4-6-12(11)16/h3-6,14-15H,7-10H2,1-2H3. The highest BCUT2D eigenvalue weighted by atomic mass is 19.1. The van der Waals surface area contributed by atoms with Crippen LogP contribution in [0.1, 0.15) is 16.8 Å². The van der Waals surface area contributed by atoms with Crippen LogP contribution < -0.4 is 0 Å². The van der Waals surface area contributed by atoms with Crippen LogP contribution in [0.25, 0.3) is 0 Å². The van der Waals surface area contributed by atoms with E-state index in [1.807, 2.05) is 0 Å². The monoisotopic (exact) mass is 281 g/mol. The van der Waals surface area contributed by atoms with Gasteiger partial charge in [0.25, 0.3) is 0 Å². The molecule has 1 aliphatic heterocycles. The van der Waals surface area contributed by atoms with Gasteiger partial charge in [0.1, 0.15) is 5.82 Å². The Morgan fingerprint density at radius 3 is 2.40 bits per heavy atom. The lowest BCUT2D eigenvalue weighted by Gasteiger charge is -2.14. The van der Waals surface area contributed by atoms with Gasteiger partial charge in [-0.05, 0) is 12.1 Å². The Morgan fingerprint density at radius 2 is 1.85 bits per heavy atom. The highest BCUT2D eigenvalue weighted by Gasteiger charge is 2.32. The number of benzene rings is 1. The third-order valence-electron chi connectivity index (χ3n) is 3.73. The summed E-state index contributed by atoms with van der Waals surface area (Å²) >= 11 is 0. The van der Waals surface area contributed by atoms with Crippen molar-refractivity contribution in [2.45, 2.75) is 18.6 Å². The topological polar surface area (TPSA) is 38.8 Å². The molecule has 2 unspecified atom stereocenters. The molecule has 1 heterocycles. The molecule has 0 bridgehead atoms. The number of halogens is 1. The first-order chi connectivity index (χ1) is 9.65. The summed E-state index contributed by atoms with van der Waals surface area (Å²) in [6.45, 7) is 2.06. The number of ketones is 1. The molecule has 0 spiro atoms. The zero-order chi connectivity index (χ0) is 14.5. The molecule has 20 heavy (non-hydrogen) atoms. The van der Waals surface area contributed by atoms with E-state index in [4.69, 9.17) is 9.47 Å². The smallest absolute Gasteiger partial charge is 0.167 e. The quantitative estimate of drug-likeness (QED) is 0.745. The van der Waals surface area contributed by atoms with Crippen LogP contribution in [0.4, 0.5) is 4.39 Å². The van der Waals surface area contributed by atoms with Crippen molar-refractivity contribution in [3.63, 3.8) is 0 Å². The fourth-order valence-electron chi connectivity index (χ4n) is 2.54. The second kappa shape index (κ2) is 6.92. The van der Waals surface area contributed by atoms with Gasteiger partial charge in [0.05, 0.1) is 17.8 Å². The molecule has 0 aliphatic carbocycles. The zero-order valence-electron chi connectivity index (χ0n) is 11.8. The first-order valence-corrected chi connectivity index (χ1v) is 6.71. The van der Waals surface area contributed by atoms with Crippen LogP contribution in [0.3, 0.4) is 0 Å². The number of hydrogen-bond acceptors (Lipinski definition) is 4. The molecule has 1 fully saturated rings. The van der Waals surface area contributed by atoms with E-state index < -0.39 is 5.82 Å². The Balaban J connectivity index is 1.87. The minimum Gasteiger partial charge on any atom is -0.377 e. The molecule has 0 aromatic heterocycles. The van der Waals surface area contributed by atoms with E-state index >= 15 is 0 Å². The Bertz CT molecular complexity index is 454. The fraction of sp³-hybridized carbons (Fsp3) is 0.533. The molecule has 1 aliphatic rings. The maximum Gasteiger partial charge on any atom is 0.167 e. The van der Waals surface area contributed by atoms with Gasteiger partial charge in [-0.15, -0.1) is 0 Å². The van der Waals surface area contributed by atoms with E-state index in [9.17, 15) is 9.18 Å². The number of carbonyl (C=O) groups excluding carboxylic acids is 1. The molecule has 0 N–H and O–H groups in total. The minimum absolute atomic E-state index is 0.0311. The van der Waals surface area contributed by atoms with Crippen molar-refractivity contribution in [3.05, 3.63) is 35.6 Å². The van der Waals surface area contributed by atoms with Gasteiger partial charge < -0.3 is 9.47 Å². The Hall–Kier alpha value is -1.30. The maximum atomic E-state index is 13.5. The number of rotatable bonds is 6. The van der Waals surface area contributed by atoms with Crippen LogP contribution in [0.5, 0.6) is 0 Å². The molecular formula is C15H20FNO3. The molecule has 2 atom stereocenters. The molecule has 0 amide bonds. The SMILES string of the molecule is COC1CN(CCC(=O)c2ccccc2F)CC1OC. The van der Waals surface area contributed by atoms with Crippen molar-refractivity contribution < 1.29 is 18.7 Å². The molecule has 110 valence electrons. The third-order valence-corrected chi connectivity index (χ3v) is 3.73. The van der Waals surface area contributed by atoms with E-state index in [1.54, 1.807) is 26.4 Å². The van der Waals surface area contributed by atoms with Gasteiger partial charge in [0.2, 0.25) is 0 Å². The first kappa shape index (κ1) is 15.1. The molecule has 1 aromatic rings. The number of likely N-dealkylation sites (tertiary alicyclic amines) is 1. The highest BCUT2D eigenvalue weighted by Crippen LogP contribution is 2.17. The summed E-state index contributed by atoms with van der Waals surface area (Å²) < 4.78 is 24.2. The zero-order valence-corrected chi connectivity index (χ0v) is 11.8. The third kappa shape index (κ3) is 3.42. The number of hydrogen-bond donors (Lipinski definition) is 0. The summed E-state index contributed by atoms with van der Waals surface area (Å²) in [5, 5.41) is 0. The number of carbonyl (C=O) groups is 1. The molecule has 0 saturated carbocycles. The van der Waals surface area contributed by atoms with Crippen LogP contribution in [0, 0.1) is 5.82 Å². The van der Waals surface area contributed by atoms with Gasteiger partial charge in [-0.1, -0.05) is 12.1 Å². The lowest BCUT2D eigenvalue weighted by atomic mass is 10.1. The summed E-state index contributed by atoms with van der Waals surface area (Å²) in [7, 11) is 3.31. The highest BCUT2D eigenvalue weighted by molar-refractivity contribution is 5.96. The normalized spacial score (nSPS) is 23.1. The predicted molar refractivity (Wildman–Crippen MR) is 73.4 cm³/mol. The van der Waals surface area contributed by atoms with Crippen molar-refractivity contribution in [1.29, 1.82) is 0 Å². The molecule has 4 nitrogen and oxygen atoms in total. The van der Waals surface area contributed by atoms with Crippen molar-refractivity contribution in [2.24, 2.45) is 0 Å². The van der Waals surface area contributed by atoms with E-state index in [0.717, 1.165) is 13.1 Å². The van der Waals surface area contributed by atoms with Crippen LogP contribution in [0.2, 0.25) is 0 Å². The van der Waals surface area contributed by atoms with Gasteiger partial charge in [-0.25, -0.2) is 4.39 Å². The van der Waals surface area contributed by atoms with Gasteiger partial charge in [0, 0.05) is 40.3 Å². The summed E-state index contributed by atoms with van der Waals surface area (Å²) in [4.78, 5) is 14.1. The predicted octanol–water partition coefficient (Wildman–Crippen LogP) is 1.74. The average Bonchev–Trinajstić information content (AvgIpc) is 2.87. The van der Waals surface area contributed by atoms with Crippen LogP contribution in [0.15, 0.2) is 24.3 Å². The van der Waals surface area contributed by atoms with Gasteiger partial charge in [0.15, 0.2) is 5.78 Å². The van der Waals surface area contributed by atoms with E-state index in [0.29, 0.717) is 13.0 Å². The van der Waals surface area contributed by atoms with Crippen molar-refractivity contribution in [2.75, 3.05) is 33.9 Å². The van der Waals surface area contributed by atoms with E-state index in [1.165, 1.54) is 12.1 Å². The number of nitrogens with zero attached hydrogens (tertiary/aromatic N) is 1. The van der Waals surface area contributed by atoms with Crippen LogP contribution in [-0.2, 0) is 9.47 Å². The van der Waals surface area contributed by atoms with Crippen LogP contribution in [-0.4, -0.2) is 56.7 Å². The molecule has 2 rings (SSSR count). The summed E-state index contributed by atoms with van der Waals surface area (Å²) in [6, 6.07) is 6.09. The Labute approximate surface area is 118 Å². The van der Waals surface area contributed by atoms with Gasteiger partial charge in [-0.2, -0.15) is 0 Å². The van der Waals surface area contributed by atoms with Crippen molar-refractivity contribution in [3.8, 4) is 0 Å². The van der Waals surface area contributed by atoms with Crippen molar-refractivity contribution in [1.82, 2.24) is 4.90 Å². The summed E-state index contributed by atoms with van der Waals surface area (Å²) in [5.74, 6) is -0.624. The molecule has 1 saturated heterocycles. The Morgan fingerprint density at radius 1 is 1.25 bits per heavy atom. The average molecular weight is 281 g/mol. The summed E-state index contributed by atoms with van der Waals surface area (Å²) in [5.41, 5.74) is 0.165. The number of Topliss-reactive ketones (excluding diaryl/α,β-unsaturated/α-hetero) is 1. The lowest BCUT2D eigenvalue weighted by Crippen LogP contribution is -2.27. The maximum absolute atomic E-state index is 13.5. The second-order valence-corrected chi connectivity index (χ2v) is 4.96. The summed E-state index contributed by atoms with van der Waals surface area (Å²) in [6.07, 6.45) is 0.362. The number of methoxy groups -OCH3 is 2. The van der Waals surface area contributed by atoms with Gasteiger partial charge >= 0.3 is 0 Å². The van der Waals surface area contributed by atoms with Crippen LogP contribution >= 0.6 is 0 Å². The first-order valence-electron chi connectivity index (χ1n) is 6.71. The van der Waals surface area contributed by atoms with Gasteiger partial charge in [-0.3, -0.25) is 9.69 Å². The minimum atomic E-state index is -0.455. The second-order valence-electron chi connectivity index (χ2n) is 4.96. The largest absolute Gasteiger partial charge is 0.377 e. The fourth-order valence-corrected chi connectivity index (χ4v) is 2.54. The van der Waals surface area contributed by atoms with E-state index in [2.05, 4.69) is 4.90 Å². The van der Waals surface area contributed by atoms with Crippen molar-refractivity contribution >= 4 is 5.78 Å². The molecule has 0 radical (unpaired) electrons. The molecule has 5 heteroatoms. The van der Waals surface area contributed by atoms with E-state index in [-0.39, 0.29) is 23.6 Å². The number of ether oxygens (including phenoxy) is 2. The molecular weight excluding hydrogens is 261 g/mol. The lowest BCUT2D eigenvalue weighted by molar-refractivity contribution is -0.00461. The molecule has 1 aromatic carbocycles. The Kier molecular flexibility index (Phi) is 5.23.